The number of oxazole rings is 1. The molecule has 92 valence electrons. The van der Waals surface area contributed by atoms with E-state index in [2.05, 4.69) is 9.97 Å². The van der Waals surface area contributed by atoms with Crippen molar-refractivity contribution >= 4 is 22.4 Å². The summed E-state index contributed by atoms with van der Waals surface area (Å²) in [4.78, 5) is 9.83. The van der Waals surface area contributed by atoms with Crippen LogP contribution in [0.15, 0.2) is 22.6 Å². The quantitative estimate of drug-likeness (QED) is 0.769. The molecule has 0 bridgehead atoms. The van der Waals surface area contributed by atoms with Crippen molar-refractivity contribution in [3.8, 4) is 11.3 Å². The van der Waals surface area contributed by atoms with E-state index in [0.29, 0.717) is 5.89 Å². The second kappa shape index (κ2) is 4.19. The van der Waals surface area contributed by atoms with E-state index in [9.17, 15) is 0 Å². The van der Waals surface area contributed by atoms with Crippen LogP contribution in [0.1, 0.15) is 15.8 Å². The number of aryl methyl sites for hydroxylation is 2. The molecule has 0 saturated carbocycles. The Morgan fingerprint density at radius 3 is 2.83 bits per heavy atom. The molecule has 4 nitrogen and oxygen atoms in total. The number of nitrogens with zero attached hydrogens (tertiary/aromatic N) is 2. The molecule has 0 fully saturated rings. The minimum Gasteiger partial charge on any atom is -0.441 e. The van der Waals surface area contributed by atoms with Crippen molar-refractivity contribution in [1.29, 1.82) is 0 Å². The molecule has 0 aliphatic heterocycles. The van der Waals surface area contributed by atoms with Crippen LogP contribution in [0.5, 0.6) is 0 Å². The summed E-state index contributed by atoms with van der Waals surface area (Å²) in [5.74, 6) is 0.660. The van der Waals surface area contributed by atoms with Gasteiger partial charge < -0.3 is 9.52 Å². The Morgan fingerprint density at radius 2 is 2.11 bits per heavy atom. The monoisotopic (exact) mass is 260 g/mol. The van der Waals surface area contributed by atoms with Crippen LogP contribution in [0.25, 0.3) is 22.4 Å². The molecule has 0 saturated heterocycles. The Labute approximate surface area is 108 Å². The molecule has 18 heavy (non-hydrogen) atoms. The Balaban J connectivity index is 2.15. The molecule has 0 spiro atoms. The third kappa shape index (κ3) is 1.81. The van der Waals surface area contributed by atoms with Gasteiger partial charge in [-0.2, -0.15) is 0 Å². The van der Waals surface area contributed by atoms with Gasteiger partial charge in [0.1, 0.15) is 10.5 Å². The number of hydrogen-bond donors (Lipinski definition) is 1. The number of aliphatic hydroxyl groups excluding tert-OH is 1. The molecule has 0 atom stereocenters. The van der Waals surface area contributed by atoms with E-state index in [1.165, 1.54) is 11.3 Å². The minimum absolute atomic E-state index is 0.0170. The SMILES string of the molecule is Cc1nc2cc(-c3nc(CO)sc3C)ccc2o1. The molecule has 0 unspecified atom stereocenters. The second-order valence-electron chi connectivity index (χ2n) is 4.09. The zero-order valence-electron chi connectivity index (χ0n) is 10.1. The molecule has 2 heterocycles. The smallest absolute Gasteiger partial charge is 0.192 e. The lowest BCUT2D eigenvalue weighted by atomic mass is 10.1. The average molecular weight is 260 g/mol. The van der Waals surface area contributed by atoms with Crippen LogP contribution in [0.2, 0.25) is 0 Å². The highest BCUT2D eigenvalue weighted by Crippen LogP contribution is 2.29. The molecule has 0 amide bonds. The number of rotatable bonds is 2. The molecule has 0 aliphatic carbocycles. The molecule has 1 N–H and O–H groups in total. The fraction of sp³-hybridized carbons (Fsp3) is 0.231. The number of hydrogen-bond acceptors (Lipinski definition) is 5. The minimum atomic E-state index is -0.0170. The Bertz CT molecular complexity index is 715. The van der Waals surface area contributed by atoms with Crippen molar-refractivity contribution < 1.29 is 9.52 Å². The zero-order valence-corrected chi connectivity index (χ0v) is 10.9. The van der Waals surface area contributed by atoms with Gasteiger partial charge in [-0.3, -0.25) is 0 Å². The van der Waals surface area contributed by atoms with Gasteiger partial charge in [0.15, 0.2) is 11.5 Å². The maximum atomic E-state index is 9.12. The molecule has 1 aromatic carbocycles. The molecular weight excluding hydrogens is 248 g/mol. The van der Waals surface area contributed by atoms with Crippen LogP contribution >= 0.6 is 11.3 Å². The van der Waals surface area contributed by atoms with Crippen molar-refractivity contribution in [3.05, 3.63) is 34.0 Å². The number of thiazole rings is 1. The lowest BCUT2D eigenvalue weighted by Gasteiger charge is -1.97. The Hall–Kier alpha value is -1.72. The van der Waals surface area contributed by atoms with Gasteiger partial charge in [0, 0.05) is 17.4 Å². The first kappa shape index (κ1) is 11.4. The van der Waals surface area contributed by atoms with E-state index in [-0.39, 0.29) is 6.61 Å². The lowest BCUT2D eigenvalue weighted by Crippen LogP contribution is -1.83. The van der Waals surface area contributed by atoms with Crippen LogP contribution < -0.4 is 0 Å². The maximum absolute atomic E-state index is 9.12. The highest BCUT2D eigenvalue weighted by molar-refractivity contribution is 7.12. The fourth-order valence-electron chi connectivity index (χ4n) is 1.98. The van der Waals surface area contributed by atoms with E-state index in [4.69, 9.17) is 9.52 Å². The third-order valence-electron chi connectivity index (χ3n) is 2.74. The fourth-order valence-corrected chi connectivity index (χ4v) is 2.79. The molecule has 5 heteroatoms. The van der Waals surface area contributed by atoms with Crippen LogP contribution in [0.4, 0.5) is 0 Å². The van der Waals surface area contributed by atoms with Gasteiger partial charge in [0.2, 0.25) is 0 Å². The van der Waals surface area contributed by atoms with E-state index in [0.717, 1.165) is 32.2 Å². The number of aromatic nitrogens is 2. The van der Waals surface area contributed by atoms with Gasteiger partial charge in [-0.1, -0.05) is 0 Å². The first-order chi connectivity index (χ1) is 8.67. The third-order valence-corrected chi connectivity index (χ3v) is 3.70. The predicted octanol–water partition coefficient (Wildman–Crippen LogP) is 3.06. The summed E-state index contributed by atoms with van der Waals surface area (Å²) in [5, 5.41) is 9.85. The molecule has 3 rings (SSSR count). The maximum Gasteiger partial charge on any atom is 0.192 e. The summed E-state index contributed by atoms with van der Waals surface area (Å²) in [7, 11) is 0. The van der Waals surface area contributed by atoms with Gasteiger partial charge in [-0.25, -0.2) is 9.97 Å². The highest BCUT2D eigenvalue weighted by Gasteiger charge is 2.11. The topological polar surface area (TPSA) is 59.2 Å². The van der Waals surface area contributed by atoms with E-state index < -0.39 is 0 Å². The first-order valence-corrected chi connectivity index (χ1v) is 6.44. The highest BCUT2D eigenvalue weighted by atomic mass is 32.1. The standard InChI is InChI=1S/C13H12N2O2S/c1-7-13(15-12(6-16)18-7)9-3-4-11-10(5-9)14-8(2)17-11/h3-5,16H,6H2,1-2H3. The first-order valence-electron chi connectivity index (χ1n) is 5.62. The van der Waals surface area contributed by atoms with Crippen molar-refractivity contribution in [1.82, 2.24) is 9.97 Å². The van der Waals surface area contributed by atoms with Crippen molar-refractivity contribution in [3.63, 3.8) is 0 Å². The number of benzene rings is 1. The van der Waals surface area contributed by atoms with Gasteiger partial charge in [0.05, 0.1) is 12.3 Å². The zero-order chi connectivity index (χ0) is 12.7. The van der Waals surface area contributed by atoms with E-state index in [1.54, 1.807) is 0 Å². The van der Waals surface area contributed by atoms with Crippen LogP contribution in [-0.2, 0) is 6.61 Å². The summed E-state index contributed by atoms with van der Waals surface area (Å²) in [6.07, 6.45) is 0. The van der Waals surface area contributed by atoms with E-state index in [1.807, 2.05) is 32.0 Å². The summed E-state index contributed by atoms with van der Waals surface area (Å²) < 4.78 is 5.45. The van der Waals surface area contributed by atoms with Crippen LogP contribution in [0, 0.1) is 13.8 Å². The largest absolute Gasteiger partial charge is 0.441 e. The number of fused-ring (bicyclic) bond motifs is 1. The van der Waals surface area contributed by atoms with Crippen molar-refractivity contribution in [2.45, 2.75) is 20.5 Å². The second-order valence-corrected chi connectivity index (χ2v) is 5.37. The lowest BCUT2D eigenvalue weighted by molar-refractivity contribution is 0.281. The molecule has 0 aliphatic rings. The van der Waals surface area contributed by atoms with Gasteiger partial charge in [-0.15, -0.1) is 11.3 Å². The summed E-state index contributed by atoms with van der Waals surface area (Å²) in [6, 6.07) is 5.84. The summed E-state index contributed by atoms with van der Waals surface area (Å²) >= 11 is 1.51. The summed E-state index contributed by atoms with van der Waals surface area (Å²) in [6.45, 7) is 3.82. The van der Waals surface area contributed by atoms with E-state index >= 15 is 0 Å². The van der Waals surface area contributed by atoms with Gasteiger partial charge >= 0.3 is 0 Å². The average Bonchev–Trinajstić information content (AvgIpc) is 2.89. The number of aliphatic hydroxyl groups is 1. The molecule has 0 radical (unpaired) electrons. The molecule has 3 aromatic rings. The van der Waals surface area contributed by atoms with Crippen LogP contribution in [0.3, 0.4) is 0 Å². The van der Waals surface area contributed by atoms with Crippen LogP contribution in [-0.4, -0.2) is 15.1 Å². The normalized spacial score (nSPS) is 11.3. The predicted molar refractivity (Wildman–Crippen MR) is 70.5 cm³/mol. The Kier molecular flexibility index (Phi) is 2.65. The van der Waals surface area contributed by atoms with Gasteiger partial charge in [-0.05, 0) is 25.1 Å². The van der Waals surface area contributed by atoms with Crippen molar-refractivity contribution in [2.24, 2.45) is 0 Å². The Morgan fingerprint density at radius 1 is 1.28 bits per heavy atom. The van der Waals surface area contributed by atoms with Gasteiger partial charge in [0.25, 0.3) is 0 Å². The van der Waals surface area contributed by atoms with Crippen molar-refractivity contribution in [2.75, 3.05) is 0 Å². The molecular formula is C13H12N2O2S. The molecule has 2 aromatic heterocycles. The summed E-state index contributed by atoms with van der Waals surface area (Å²) in [5.41, 5.74) is 3.53.